The highest BCUT2D eigenvalue weighted by Crippen LogP contribution is 2.66. The Hall–Kier alpha value is -3.26. The molecule has 2 aliphatic heterocycles. The molecule has 0 saturated heterocycles. The zero-order chi connectivity index (χ0) is 23.2. The molecular formula is C26H22FN3O3S. The van der Waals surface area contributed by atoms with Crippen LogP contribution in [-0.4, -0.2) is 38.5 Å². The lowest BCUT2D eigenvalue weighted by Crippen LogP contribution is -2.79. The molecule has 8 heteroatoms. The van der Waals surface area contributed by atoms with E-state index in [1.807, 2.05) is 29.3 Å². The lowest BCUT2D eigenvalue weighted by Gasteiger charge is -2.70. The Morgan fingerprint density at radius 1 is 0.971 bits per heavy atom. The first-order chi connectivity index (χ1) is 16.4. The van der Waals surface area contributed by atoms with Crippen LogP contribution in [0.25, 0.3) is 0 Å². The lowest BCUT2D eigenvalue weighted by atomic mass is 9.46. The van der Waals surface area contributed by atoms with Crippen molar-refractivity contribution in [2.45, 2.75) is 47.2 Å². The molecule has 1 amide bonds. The highest BCUT2D eigenvalue weighted by Gasteiger charge is 2.73. The summed E-state index contributed by atoms with van der Waals surface area (Å²) in [6.07, 6.45) is 2.50. The average molecular weight is 476 g/mol. The number of benzene rings is 2. The van der Waals surface area contributed by atoms with Gasteiger partial charge in [0.05, 0.1) is 11.6 Å². The number of thioether (sulfide) groups is 1. The van der Waals surface area contributed by atoms with Crippen molar-refractivity contribution in [1.29, 1.82) is 0 Å². The van der Waals surface area contributed by atoms with Crippen molar-refractivity contribution in [1.82, 2.24) is 9.58 Å². The number of amides is 1. The van der Waals surface area contributed by atoms with Gasteiger partial charge in [0.2, 0.25) is 5.43 Å². The van der Waals surface area contributed by atoms with E-state index >= 15 is 0 Å². The van der Waals surface area contributed by atoms with Gasteiger partial charge in [0.1, 0.15) is 12.3 Å². The Morgan fingerprint density at radius 2 is 1.68 bits per heavy atom. The van der Waals surface area contributed by atoms with E-state index in [1.54, 1.807) is 27.5 Å². The van der Waals surface area contributed by atoms with Crippen molar-refractivity contribution in [3.63, 3.8) is 0 Å². The quantitative estimate of drug-likeness (QED) is 0.608. The Labute approximate surface area is 199 Å². The van der Waals surface area contributed by atoms with Crippen LogP contribution in [-0.2, 0) is 5.75 Å². The lowest BCUT2D eigenvalue weighted by molar-refractivity contribution is -0.214. The van der Waals surface area contributed by atoms with Crippen LogP contribution in [0.15, 0.2) is 70.5 Å². The SMILES string of the molecule is O=C1c2c(O)c(=O)ccn2N([C@H]2c3ccccc3CSc3ccccc32)CN1C12CC(F)(C1)C2. The number of rotatable bonds is 2. The summed E-state index contributed by atoms with van der Waals surface area (Å²) in [5.74, 6) is -0.164. The van der Waals surface area contributed by atoms with Gasteiger partial charge in [0, 0.05) is 42.2 Å². The van der Waals surface area contributed by atoms with Crippen molar-refractivity contribution < 1.29 is 14.3 Å². The first-order valence-corrected chi connectivity index (χ1v) is 12.4. The fraction of sp³-hybridized carbons (Fsp3) is 0.308. The number of alkyl halides is 1. The van der Waals surface area contributed by atoms with E-state index in [9.17, 15) is 19.1 Å². The molecule has 8 rings (SSSR count). The maximum absolute atomic E-state index is 14.5. The number of hydrogen-bond acceptors (Lipinski definition) is 5. The molecule has 6 nitrogen and oxygen atoms in total. The fourth-order valence-corrected chi connectivity index (χ4v) is 7.32. The monoisotopic (exact) mass is 475 g/mol. The number of aromatic nitrogens is 1. The molecule has 3 aromatic rings. The summed E-state index contributed by atoms with van der Waals surface area (Å²) in [7, 11) is 0. The molecule has 1 atom stereocenters. The summed E-state index contributed by atoms with van der Waals surface area (Å²) in [5, 5.41) is 12.8. The van der Waals surface area contributed by atoms with Crippen molar-refractivity contribution in [2.75, 3.05) is 11.7 Å². The van der Waals surface area contributed by atoms with Crippen LogP contribution in [0.5, 0.6) is 5.75 Å². The van der Waals surface area contributed by atoms with Gasteiger partial charge >= 0.3 is 0 Å². The molecule has 3 aliphatic carbocycles. The minimum Gasteiger partial charge on any atom is -0.502 e. The van der Waals surface area contributed by atoms with E-state index in [2.05, 4.69) is 24.3 Å². The second kappa shape index (κ2) is 6.66. The van der Waals surface area contributed by atoms with Gasteiger partial charge in [-0.1, -0.05) is 42.5 Å². The van der Waals surface area contributed by atoms with E-state index in [0.717, 1.165) is 21.8 Å². The summed E-state index contributed by atoms with van der Waals surface area (Å²) in [4.78, 5) is 28.8. The predicted octanol–water partition coefficient (Wildman–Crippen LogP) is 3.95. The van der Waals surface area contributed by atoms with Crippen LogP contribution < -0.4 is 10.4 Å². The van der Waals surface area contributed by atoms with Crippen LogP contribution >= 0.6 is 11.8 Å². The molecule has 2 aromatic carbocycles. The van der Waals surface area contributed by atoms with Crippen molar-refractivity contribution in [2.24, 2.45) is 0 Å². The van der Waals surface area contributed by atoms with Crippen molar-refractivity contribution >= 4 is 17.7 Å². The van der Waals surface area contributed by atoms with Gasteiger partial charge in [-0.3, -0.25) is 19.3 Å². The number of halogens is 1. The fourth-order valence-electron chi connectivity index (χ4n) is 6.22. The van der Waals surface area contributed by atoms with Gasteiger partial charge in [-0.15, -0.1) is 11.8 Å². The number of hydrogen-bond donors (Lipinski definition) is 1. The maximum Gasteiger partial charge on any atom is 0.278 e. The Balaban J connectivity index is 1.46. The molecule has 0 radical (unpaired) electrons. The zero-order valence-electron chi connectivity index (χ0n) is 18.3. The zero-order valence-corrected chi connectivity index (χ0v) is 19.1. The third-order valence-electron chi connectivity index (χ3n) is 7.82. The van der Waals surface area contributed by atoms with Gasteiger partial charge in [-0.05, 0) is 22.8 Å². The molecule has 172 valence electrons. The van der Waals surface area contributed by atoms with E-state index in [1.165, 1.54) is 11.6 Å². The molecule has 34 heavy (non-hydrogen) atoms. The standard InChI is InChI=1S/C26H22FN3O3S/c27-25-12-26(13-25,14-25)28-15-30(29-10-9-19(31)23(32)22(29)24(28)33)21-17-6-2-1-5-16(17)11-34-20-8-4-3-7-18(20)21/h1-10,21,32H,11-15H2/t21-,25?,26?/m0/s1. The molecular weight excluding hydrogens is 453 g/mol. The summed E-state index contributed by atoms with van der Waals surface area (Å²) >= 11 is 1.77. The molecule has 3 saturated carbocycles. The maximum atomic E-state index is 14.5. The van der Waals surface area contributed by atoms with E-state index in [4.69, 9.17) is 0 Å². The number of fused-ring (bicyclic) bond motifs is 3. The Morgan fingerprint density at radius 3 is 2.44 bits per heavy atom. The minimum atomic E-state index is -1.18. The topological polar surface area (TPSA) is 65.8 Å². The minimum absolute atomic E-state index is 0.0526. The summed E-state index contributed by atoms with van der Waals surface area (Å²) in [6, 6.07) is 17.5. The molecule has 1 N–H and O–H groups in total. The number of carbonyl (C=O) groups excluding carboxylic acids is 1. The number of nitrogens with zero attached hydrogens (tertiary/aromatic N) is 3. The van der Waals surface area contributed by atoms with Gasteiger partial charge in [-0.2, -0.15) is 0 Å². The predicted molar refractivity (Wildman–Crippen MR) is 126 cm³/mol. The number of aromatic hydroxyl groups is 1. The molecule has 0 unspecified atom stereocenters. The van der Waals surface area contributed by atoms with Crippen LogP contribution in [0.2, 0.25) is 0 Å². The largest absolute Gasteiger partial charge is 0.502 e. The third-order valence-corrected chi connectivity index (χ3v) is 8.96. The van der Waals surface area contributed by atoms with Crippen LogP contribution in [0, 0.1) is 0 Å². The van der Waals surface area contributed by atoms with E-state index < -0.39 is 28.3 Å². The van der Waals surface area contributed by atoms with Crippen LogP contribution in [0.3, 0.4) is 0 Å². The van der Waals surface area contributed by atoms with E-state index in [-0.39, 0.29) is 18.4 Å². The summed E-state index contributed by atoms with van der Waals surface area (Å²) < 4.78 is 16.1. The number of carbonyl (C=O) groups is 1. The second-order valence-corrected chi connectivity index (χ2v) is 10.9. The first-order valence-electron chi connectivity index (χ1n) is 11.4. The van der Waals surface area contributed by atoms with E-state index in [0.29, 0.717) is 19.3 Å². The van der Waals surface area contributed by atoms with Crippen LogP contribution in [0.1, 0.15) is 52.5 Å². The molecule has 0 spiro atoms. The van der Waals surface area contributed by atoms with Crippen molar-refractivity contribution in [3.05, 3.63) is 93.4 Å². The molecule has 2 bridgehead atoms. The smallest absolute Gasteiger partial charge is 0.278 e. The molecule has 5 aliphatic rings. The number of pyridine rings is 1. The highest BCUT2D eigenvalue weighted by molar-refractivity contribution is 7.98. The third kappa shape index (κ3) is 2.57. The average Bonchev–Trinajstić information content (AvgIpc) is 2.96. The van der Waals surface area contributed by atoms with Gasteiger partial charge in [0.15, 0.2) is 11.4 Å². The molecule has 1 aromatic heterocycles. The Bertz CT molecular complexity index is 1370. The summed E-state index contributed by atoms with van der Waals surface area (Å²) in [6.45, 7) is 0.238. The normalized spacial score (nSPS) is 28.7. The Kier molecular flexibility index (Phi) is 3.94. The highest BCUT2D eigenvalue weighted by atomic mass is 32.2. The first kappa shape index (κ1) is 20.1. The van der Waals surface area contributed by atoms with Crippen molar-refractivity contribution in [3.8, 4) is 5.75 Å². The summed E-state index contributed by atoms with van der Waals surface area (Å²) in [5.41, 5.74) is 1.01. The molecule has 3 heterocycles. The van der Waals surface area contributed by atoms with Gasteiger partial charge in [-0.25, -0.2) is 4.39 Å². The van der Waals surface area contributed by atoms with Crippen LogP contribution in [0.4, 0.5) is 4.39 Å². The van der Waals surface area contributed by atoms with Gasteiger partial charge < -0.3 is 10.0 Å². The van der Waals surface area contributed by atoms with Gasteiger partial charge in [0.25, 0.3) is 5.91 Å². The second-order valence-electron chi connectivity index (χ2n) is 9.87. The molecule has 3 fully saturated rings.